The first kappa shape index (κ1) is 13.5. The van der Waals surface area contributed by atoms with Crippen molar-refractivity contribution in [2.24, 2.45) is 0 Å². The van der Waals surface area contributed by atoms with E-state index in [-0.39, 0.29) is 16.7 Å². The van der Waals surface area contributed by atoms with Gasteiger partial charge in [-0.3, -0.25) is 10.1 Å². The summed E-state index contributed by atoms with van der Waals surface area (Å²) in [5, 5.41) is 24.4. The summed E-state index contributed by atoms with van der Waals surface area (Å²) in [6, 6.07) is 4.90. The molecule has 0 aliphatic heterocycles. The molecule has 1 heterocycles. The molecule has 0 fully saturated rings. The van der Waals surface area contributed by atoms with Gasteiger partial charge in [-0.25, -0.2) is 4.79 Å². The van der Waals surface area contributed by atoms with Crippen LogP contribution >= 0.6 is 0 Å². The lowest BCUT2D eigenvalue weighted by molar-refractivity contribution is -0.386. The number of anilines is 1. The number of hydrogen-bond donors (Lipinski definition) is 1. The quantitative estimate of drug-likeness (QED) is 0.482. The normalized spacial score (nSPS) is 12.1. The standard InChI is InChI=1S/C12H10N2O6/c1-6(11(15)16)13-9-7-4-2-3-5-8(7)20-12(17)10(9)14(18)19/h2-6,13H,1H3,(H,15,16)/p-1/t6-/m0/s1. The van der Waals surface area contributed by atoms with Gasteiger partial charge in [0.15, 0.2) is 0 Å². The first-order chi connectivity index (χ1) is 9.41. The van der Waals surface area contributed by atoms with Gasteiger partial charge in [0, 0.05) is 5.39 Å². The Hall–Kier alpha value is -2.90. The fourth-order valence-corrected chi connectivity index (χ4v) is 1.73. The summed E-state index contributed by atoms with van der Waals surface area (Å²) in [6.07, 6.45) is 0. The average molecular weight is 277 g/mol. The van der Waals surface area contributed by atoms with Gasteiger partial charge in [-0.1, -0.05) is 12.1 Å². The highest BCUT2D eigenvalue weighted by Gasteiger charge is 2.25. The molecule has 0 radical (unpaired) electrons. The molecule has 2 rings (SSSR count). The van der Waals surface area contributed by atoms with Crippen LogP contribution in [0.2, 0.25) is 0 Å². The second kappa shape index (κ2) is 5.00. The minimum atomic E-state index is -1.45. The van der Waals surface area contributed by atoms with Crippen molar-refractivity contribution in [3.05, 3.63) is 44.8 Å². The van der Waals surface area contributed by atoms with Crippen molar-refractivity contribution in [3.8, 4) is 0 Å². The third-order valence-corrected chi connectivity index (χ3v) is 2.69. The van der Waals surface area contributed by atoms with Crippen molar-refractivity contribution in [1.82, 2.24) is 0 Å². The van der Waals surface area contributed by atoms with Gasteiger partial charge >= 0.3 is 11.3 Å². The molecule has 0 aliphatic carbocycles. The van der Waals surface area contributed by atoms with Crippen LogP contribution in [-0.2, 0) is 4.79 Å². The number of benzene rings is 1. The number of carboxylic acids is 1. The van der Waals surface area contributed by atoms with Crippen molar-refractivity contribution < 1.29 is 19.2 Å². The zero-order valence-corrected chi connectivity index (χ0v) is 10.3. The van der Waals surface area contributed by atoms with E-state index < -0.39 is 28.2 Å². The van der Waals surface area contributed by atoms with Crippen molar-refractivity contribution in [3.63, 3.8) is 0 Å². The smallest absolute Gasteiger partial charge is 0.417 e. The molecule has 0 amide bonds. The molecule has 0 unspecified atom stereocenters. The number of nitrogens with one attached hydrogen (secondary N) is 1. The van der Waals surface area contributed by atoms with E-state index >= 15 is 0 Å². The predicted octanol–water partition coefficient (Wildman–Crippen LogP) is 0.251. The van der Waals surface area contributed by atoms with E-state index in [9.17, 15) is 24.8 Å². The maximum atomic E-state index is 11.6. The molecule has 0 bridgehead atoms. The molecule has 20 heavy (non-hydrogen) atoms. The maximum Gasteiger partial charge on any atom is 0.417 e. The van der Waals surface area contributed by atoms with Crippen molar-refractivity contribution >= 4 is 28.3 Å². The molecular formula is C12H9N2O6-. The van der Waals surface area contributed by atoms with Gasteiger partial charge in [0.1, 0.15) is 11.3 Å². The Morgan fingerprint density at radius 2 is 2.05 bits per heavy atom. The summed E-state index contributed by atoms with van der Waals surface area (Å²) in [4.78, 5) is 32.5. The third-order valence-electron chi connectivity index (χ3n) is 2.69. The van der Waals surface area contributed by atoms with E-state index in [1.165, 1.54) is 19.1 Å². The Morgan fingerprint density at radius 3 is 2.65 bits per heavy atom. The predicted molar refractivity (Wildman–Crippen MR) is 67.2 cm³/mol. The molecule has 1 atom stereocenters. The average Bonchev–Trinajstić information content (AvgIpc) is 2.37. The van der Waals surface area contributed by atoms with Crippen LogP contribution in [0.4, 0.5) is 11.4 Å². The minimum absolute atomic E-state index is 0.121. The van der Waals surface area contributed by atoms with Gasteiger partial charge in [-0.05, 0) is 19.1 Å². The molecule has 0 saturated heterocycles. The van der Waals surface area contributed by atoms with E-state index in [1.807, 2.05) is 0 Å². The lowest BCUT2D eigenvalue weighted by Crippen LogP contribution is -2.39. The van der Waals surface area contributed by atoms with E-state index in [2.05, 4.69) is 5.32 Å². The zero-order valence-electron chi connectivity index (χ0n) is 10.3. The van der Waals surface area contributed by atoms with Crippen LogP contribution in [0, 0.1) is 10.1 Å². The number of nitro groups is 1. The zero-order chi connectivity index (χ0) is 14.9. The first-order valence-corrected chi connectivity index (χ1v) is 5.59. The van der Waals surface area contributed by atoms with Crippen LogP contribution in [0.5, 0.6) is 0 Å². The molecule has 1 aromatic heterocycles. The van der Waals surface area contributed by atoms with Gasteiger partial charge < -0.3 is 19.6 Å². The Bertz CT molecular complexity index is 751. The number of carboxylic acid groups (broad SMARTS) is 1. The van der Waals surface area contributed by atoms with Gasteiger partial charge in [0.25, 0.3) is 0 Å². The summed E-state index contributed by atoms with van der Waals surface area (Å²) in [5.41, 5.74) is -2.06. The number of nitrogens with zero attached hydrogens (tertiary/aromatic N) is 1. The van der Waals surface area contributed by atoms with Crippen LogP contribution in [0.3, 0.4) is 0 Å². The lowest BCUT2D eigenvalue weighted by Gasteiger charge is -2.16. The Kier molecular flexibility index (Phi) is 3.38. The number of aliphatic carboxylic acids is 1. The van der Waals surface area contributed by atoms with E-state index in [0.29, 0.717) is 0 Å². The van der Waals surface area contributed by atoms with E-state index in [0.717, 1.165) is 0 Å². The Morgan fingerprint density at radius 1 is 1.40 bits per heavy atom. The number of rotatable bonds is 4. The van der Waals surface area contributed by atoms with Crippen LogP contribution < -0.4 is 16.0 Å². The molecular weight excluding hydrogens is 268 g/mol. The van der Waals surface area contributed by atoms with E-state index in [4.69, 9.17) is 4.42 Å². The van der Waals surface area contributed by atoms with Gasteiger partial charge in [0.05, 0.1) is 16.9 Å². The summed E-state index contributed by atoms with van der Waals surface area (Å²) in [7, 11) is 0. The van der Waals surface area contributed by atoms with Gasteiger partial charge in [0.2, 0.25) is 0 Å². The van der Waals surface area contributed by atoms with Gasteiger partial charge in [-0.2, -0.15) is 0 Å². The Labute approximate surface area is 111 Å². The fraction of sp³-hybridized carbons (Fsp3) is 0.167. The minimum Gasteiger partial charge on any atom is -0.548 e. The van der Waals surface area contributed by atoms with Gasteiger partial charge in [-0.15, -0.1) is 0 Å². The highest BCUT2D eigenvalue weighted by Crippen LogP contribution is 2.30. The number of para-hydroxylation sites is 1. The number of carbonyl (C=O) groups excluding carboxylic acids is 1. The monoisotopic (exact) mass is 277 g/mol. The number of fused-ring (bicyclic) bond motifs is 1. The summed E-state index contributed by atoms with van der Waals surface area (Å²) >= 11 is 0. The lowest BCUT2D eigenvalue weighted by atomic mass is 10.1. The van der Waals surface area contributed by atoms with Crippen molar-refractivity contribution in [1.29, 1.82) is 0 Å². The molecule has 1 N–H and O–H groups in total. The topological polar surface area (TPSA) is 126 Å². The second-order valence-corrected chi connectivity index (χ2v) is 4.05. The Balaban J connectivity index is 2.75. The molecule has 0 aliphatic rings. The van der Waals surface area contributed by atoms with Crippen LogP contribution in [0.25, 0.3) is 11.0 Å². The number of carbonyl (C=O) groups is 1. The van der Waals surface area contributed by atoms with Crippen LogP contribution in [0.1, 0.15) is 6.92 Å². The second-order valence-electron chi connectivity index (χ2n) is 4.05. The molecule has 0 saturated carbocycles. The van der Waals surface area contributed by atoms with E-state index in [1.54, 1.807) is 12.1 Å². The summed E-state index contributed by atoms with van der Waals surface area (Å²) in [5.74, 6) is -1.45. The number of hydrogen-bond acceptors (Lipinski definition) is 7. The largest absolute Gasteiger partial charge is 0.548 e. The highest BCUT2D eigenvalue weighted by molar-refractivity contribution is 5.95. The first-order valence-electron chi connectivity index (χ1n) is 5.59. The third kappa shape index (κ3) is 2.30. The van der Waals surface area contributed by atoms with Crippen LogP contribution in [0.15, 0.2) is 33.5 Å². The molecule has 2 aromatic rings. The molecule has 8 heteroatoms. The highest BCUT2D eigenvalue weighted by atomic mass is 16.6. The maximum absolute atomic E-state index is 11.6. The SMILES string of the molecule is C[C@H](Nc1c([N+](=O)[O-])c(=O)oc2ccccc12)C(=O)[O-]. The van der Waals surface area contributed by atoms with Crippen LogP contribution in [-0.4, -0.2) is 16.9 Å². The van der Waals surface area contributed by atoms with Crippen molar-refractivity contribution in [2.45, 2.75) is 13.0 Å². The fourth-order valence-electron chi connectivity index (χ4n) is 1.73. The summed E-state index contributed by atoms with van der Waals surface area (Å²) in [6.45, 7) is 1.25. The molecule has 1 aromatic carbocycles. The summed E-state index contributed by atoms with van der Waals surface area (Å²) < 4.78 is 4.84. The molecule has 104 valence electrons. The molecule has 8 nitrogen and oxygen atoms in total. The van der Waals surface area contributed by atoms with Crippen molar-refractivity contribution in [2.75, 3.05) is 5.32 Å². The molecule has 0 spiro atoms.